The second-order valence-electron chi connectivity index (χ2n) is 8.52. The lowest BCUT2D eigenvalue weighted by molar-refractivity contribution is 0.0520. The summed E-state index contributed by atoms with van der Waals surface area (Å²) in [5, 5.41) is 17.3. The first-order valence-electron chi connectivity index (χ1n) is 11.2. The van der Waals surface area contributed by atoms with Gasteiger partial charge in [-0.25, -0.2) is 0 Å². The highest BCUT2D eigenvalue weighted by molar-refractivity contribution is 5.99. The van der Waals surface area contributed by atoms with Gasteiger partial charge in [0.25, 0.3) is 0 Å². The number of hydrogen-bond acceptors (Lipinski definition) is 5. The summed E-state index contributed by atoms with van der Waals surface area (Å²) in [6, 6.07) is 14.3. The van der Waals surface area contributed by atoms with Gasteiger partial charge in [-0.05, 0) is 61.9 Å². The minimum atomic E-state index is -0.509. The monoisotopic (exact) mass is 423 g/mol. The first-order valence-corrected chi connectivity index (χ1v) is 11.2. The Labute approximate surface area is 184 Å². The van der Waals surface area contributed by atoms with E-state index in [1.54, 1.807) is 7.11 Å². The largest absolute Gasteiger partial charge is 0.490 e. The van der Waals surface area contributed by atoms with Crippen LogP contribution in [0.25, 0.3) is 22.0 Å². The summed E-state index contributed by atoms with van der Waals surface area (Å²) in [7, 11) is 3.69. The van der Waals surface area contributed by atoms with Gasteiger partial charge < -0.3 is 19.5 Å². The molecule has 2 aromatic carbocycles. The number of likely N-dealkylation sites (tertiary alicyclic amines) is 1. The van der Waals surface area contributed by atoms with Gasteiger partial charge in [-0.2, -0.15) is 5.10 Å². The number of methoxy groups -OCH3 is 1. The SMILES string of the molecule is COCCC1CCN(CC(O)COc2ccc(-c3ccn(C)n3)c3ccccc23)CC1. The van der Waals surface area contributed by atoms with E-state index >= 15 is 0 Å². The van der Waals surface area contributed by atoms with Gasteiger partial charge in [-0.15, -0.1) is 0 Å². The maximum absolute atomic E-state index is 10.6. The van der Waals surface area contributed by atoms with E-state index in [-0.39, 0.29) is 6.61 Å². The molecule has 1 fully saturated rings. The lowest BCUT2D eigenvalue weighted by Crippen LogP contribution is -2.40. The fraction of sp³-hybridized carbons (Fsp3) is 0.480. The van der Waals surface area contributed by atoms with Crippen LogP contribution < -0.4 is 4.74 Å². The number of fused-ring (bicyclic) bond motifs is 1. The number of aliphatic hydroxyl groups is 1. The molecule has 1 unspecified atom stereocenters. The van der Waals surface area contributed by atoms with Crippen LogP contribution in [-0.4, -0.2) is 65.8 Å². The maximum Gasteiger partial charge on any atom is 0.127 e. The topological polar surface area (TPSA) is 59.8 Å². The van der Waals surface area contributed by atoms with Gasteiger partial charge in [0.05, 0.1) is 5.69 Å². The van der Waals surface area contributed by atoms with Crippen molar-refractivity contribution in [2.24, 2.45) is 13.0 Å². The lowest BCUT2D eigenvalue weighted by atomic mass is 9.94. The van der Waals surface area contributed by atoms with Crippen LogP contribution in [0.5, 0.6) is 5.75 Å². The third kappa shape index (κ3) is 5.45. The summed E-state index contributed by atoms with van der Waals surface area (Å²) < 4.78 is 13.1. The highest BCUT2D eigenvalue weighted by atomic mass is 16.5. The molecule has 0 radical (unpaired) electrons. The van der Waals surface area contributed by atoms with E-state index in [9.17, 15) is 5.11 Å². The Hall–Kier alpha value is -2.41. The Morgan fingerprint density at radius 1 is 1.10 bits per heavy atom. The van der Waals surface area contributed by atoms with Gasteiger partial charge >= 0.3 is 0 Å². The highest BCUT2D eigenvalue weighted by Gasteiger charge is 2.21. The first-order chi connectivity index (χ1) is 15.1. The van der Waals surface area contributed by atoms with Crippen molar-refractivity contribution < 1.29 is 14.6 Å². The molecular formula is C25H33N3O3. The minimum absolute atomic E-state index is 0.288. The highest BCUT2D eigenvalue weighted by Crippen LogP contribution is 2.33. The predicted octanol–water partition coefficient (Wildman–Crippen LogP) is 3.73. The predicted molar refractivity (Wildman–Crippen MR) is 123 cm³/mol. The zero-order valence-electron chi connectivity index (χ0n) is 18.5. The number of aryl methyl sites for hydroxylation is 1. The third-order valence-electron chi connectivity index (χ3n) is 6.21. The number of aromatic nitrogens is 2. The van der Waals surface area contributed by atoms with Crippen LogP contribution in [0, 0.1) is 5.92 Å². The lowest BCUT2D eigenvalue weighted by Gasteiger charge is -2.33. The van der Waals surface area contributed by atoms with Crippen LogP contribution in [-0.2, 0) is 11.8 Å². The number of benzene rings is 2. The van der Waals surface area contributed by atoms with Crippen molar-refractivity contribution in [3.8, 4) is 17.0 Å². The molecule has 0 bridgehead atoms. The van der Waals surface area contributed by atoms with Crippen molar-refractivity contribution >= 4 is 10.8 Å². The zero-order chi connectivity index (χ0) is 21.6. The molecular weight excluding hydrogens is 390 g/mol. The van der Waals surface area contributed by atoms with Gasteiger partial charge in [0.1, 0.15) is 18.5 Å². The van der Waals surface area contributed by atoms with E-state index < -0.39 is 6.10 Å². The second kappa shape index (κ2) is 10.3. The van der Waals surface area contributed by atoms with Crippen LogP contribution in [0.2, 0.25) is 0 Å². The third-order valence-corrected chi connectivity index (χ3v) is 6.21. The summed E-state index contributed by atoms with van der Waals surface area (Å²) in [4.78, 5) is 2.35. The molecule has 4 rings (SSSR count). The maximum atomic E-state index is 10.6. The number of rotatable bonds is 9. The normalized spacial score (nSPS) is 16.6. The van der Waals surface area contributed by atoms with E-state index in [4.69, 9.17) is 9.47 Å². The van der Waals surface area contributed by atoms with E-state index in [0.717, 1.165) is 59.8 Å². The standard InChI is InChI=1S/C25H33N3O3/c1-27-13-11-24(26-27)22-7-8-25(23-6-4-3-5-21(22)23)31-18-20(29)17-28-14-9-19(10-15-28)12-16-30-2/h3-8,11,13,19-20,29H,9-10,12,14-18H2,1-2H3. The molecule has 6 nitrogen and oxygen atoms in total. The Morgan fingerprint density at radius 2 is 1.87 bits per heavy atom. The van der Waals surface area contributed by atoms with Crippen molar-refractivity contribution in [3.63, 3.8) is 0 Å². The summed E-state index contributed by atoms with van der Waals surface area (Å²) in [5.74, 6) is 1.54. The van der Waals surface area contributed by atoms with Crippen LogP contribution >= 0.6 is 0 Å². The molecule has 3 aromatic rings. The average Bonchev–Trinajstić information content (AvgIpc) is 3.23. The molecule has 31 heavy (non-hydrogen) atoms. The van der Waals surface area contributed by atoms with E-state index in [1.165, 1.54) is 12.8 Å². The van der Waals surface area contributed by atoms with Crippen molar-refractivity contribution in [3.05, 3.63) is 48.7 Å². The Balaban J connectivity index is 1.36. The molecule has 1 atom stereocenters. The molecule has 0 spiro atoms. The van der Waals surface area contributed by atoms with E-state index in [0.29, 0.717) is 6.54 Å². The summed E-state index contributed by atoms with van der Waals surface area (Å²) in [5.41, 5.74) is 2.03. The Morgan fingerprint density at radius 3 is 2.58 bits per heavy atom. The minimum Gasteiger partial charge on any atom is -0.490 e. The van der Waals surface area contributed by atoms with Gasteiger partial charge in [0.2, 0.25) is 0 Å². The number of β-amino-alcohol motifs (C(OH)–C–C–N with tert-alkyl or cyclic N) is 1. The van der Waals surface area contributed by atoms with Crippen molar-refractivity contribution in [1.82, 2.24) is 14.7 Å². The quantitative estimate of drug-likeness (QED) is 0.568. The van der Waals surface area contributed by atoms with Crippen LogP contribution in [0.4, 0.5) is 0 Å². The molecule has 2 heterocycles. The summed E-state index contributed by atoms with van der Waals surface area (Å²) in [6.07, 6.45) is 4.93. The molecule has 1 N–H and O–H groups in total. The van der Waals surface area contributed by atoms with Crippen molar-refractivity contribution in [2.45, 2.75) is 25.4 Å². The molecule has 0 aliphatic carbocycles. The molecule has 0 saturated carbocycles. The molecule has 6 heteroatoms. The Bertz CT molecular complexity index is 979. The van der Waals surface area contributed by atoms with Gasteiger partial charge in [-0.3, -0.25) is 4.68 Å². The van der Waals surface area contributed by atoms with Gasteiger partial charge in [-0.1, -0.05) is 24.3 Å². The number of aliphatic hydroxyl groups excluding tert-OH is 1. The van der Waals surface area contributed by atoms with Crippen molar-refractivity contribution in [1.29, 1.82) is 0 Å². The fourth-order valence-electron chi connectivity index (χ4n) is 4.46. The summed E-state index contributed by atoms with van der Waals surface area (Å²) in [6.45, 7) is 3.85. The van der Waals surface area contributed by atoms with Gasteiger partial charge in [0.15, 0.2) is 0 Å². The fourth-order valence-corrected chi connectivity index (χ4v) is 4.46. The summed E-state index contributed by atoms with van der Waals surface area (Å²) >= 11 is 0. The number of hydrogen-bond donors (Lipinski definition) is 1. The average molecular weight is 424 g/mol. The van der Waals surface area contributed by atoms with E-state index in [2.05, 4.69) is 28.2 Å². The van der Waals surface area contributed by atoms with Crippen LogP contribution in [0.1, 0.15) is 19.3 Å². The van der Waals surface area contributed by atoms with Crippen LogP contribution in [0.15, 0.2) is 48.7 Å². The molecule has 1 aromatic heterocycles. The number of nitrogens with zero attached hydrogens (tertiary/aromatic N) is 3. The number of ether oxygens (including phenoxy) is 2. The molecule has 1 aliphatic rings. The molecule has 0 amide bonds. The molecule has 1 aliphatic heterocycles. The zero-order valence-corrected chi connectivity index (χ0v) is 18.5. The van der Waals surface area contributed by atoms with E-state index in [1.807, 2.05) is 42.2 Å². The second-order valence-corrected chi connectivity index (χ2v) is 8.52. The van der Waals surface area contributed by atoms with Crippen molar-refractivity contribution in [2.75, 3.05) is 40.0 Å². The number of piperidine rings is 1. The van der Waals surface area contributed by atoms with Crippen LogP contribution in [0.3, 0.4) is 0 Å². The Kier molecular flexibility index (Phi) is 7.22. The van der Waals surface area contributed by atoms with Gasteiger partial charge in [0, 0.05) is 44.5 Å². The smallest absolute Gasteiger partial charge is 0.127 e. The first kappa shape index (κ1) is 21.8. The molecule has 1 saturated heterocycles. The molecule has 166 valence electrons.